The number of benzene rings is 1. The molecule has 0 atom stereocenters. The van der Waals surface area contributed by atoms with Crippen LogP contribution in [0.15, 0.2) is 18.2 Å². The van der Waals surface area contributed by atoms with Crippen molar-refractivity contribution in [3.05, 3.63) is 29.3 Å². The van der Waals surface area contributed by atoms with E-state index < -0.39 is 0 Å². The third kappa shape index (κ3) is 2.45. The number of hydrogen-bond acceptors (Lipinski definition) is 3. The molecule has 0 saturated carbocycles. The van der Waals surface area contributed by atoms with Crippen LogP contribution in [0.1, 0.15) is 24.0 Å². The fourth-order valence-corrected chi connectivity index (χ4v) is 3.33. The molecule has 0 unspecified atom stereocenters. The third-order valence-corrected chi connectivity index (χ3v) is 4.38. The number of anilines is 1. The van der Waals surface area contributed by atoms with Crippen LogP contribution in [-0.2, 0) is 10.3 Å². The van der Waals surface area contributed by atoms with E-state index in [2.05, 4.69) is 42.1 Å². The second-order valence-electron chi connectivity index (χ2n) is 6.12. The van der Waals surface area contributed by atoms with Crippen molar-refractivity contribution < 1.29 is 9.31 Å². The molecule has 4 heteroatoms. The van der Waals surface area contributed by atoms with Gasteiger partial charge in [0.25, 0.3) is 0 Å². The molecule has 1 aromatic rings. The molecular formula is C16H24N3O+. The van der Waals surface area contributed by atoms with Crippen LogP contribution in [0, 0.1) is 6.92 Å². The quantitative estimate of drug-likeness (QED) is 0.660. The lowest BCUT2D eigenvalue weighted by molar-refractivity contribution is -0.513. The van der Waals surface area contributed by atoms with Crippen molar-refractivity contribution in [2.45, 2.75) is 25.4 Å². The topological polar surface area (TPSA) is 27.5 Å². The molecule has 2 heterocycles. The molecule has 20 heavy (non-hydrogen) atoms. The fraction of sp³-hybridized carbons (Fsp3) is 0.562. The van der Waals surface area contributed by atoms with E-state index in [0.29, 0.717) is 6.73 Å². The van der Waals surface area contributed by atoms with Gasteiger partial charge in [0.15, 0.2) is 6.67 Å². The smallest absolute Gasteiger partial charge is 0.198 e. The van der Waals surface area contributed by atoms with Crippen molar-refractivity contribution >= 4 is 12.4 Å². The first kappa shape index (κ1) is 13.6. The van der Waals surface area contributed by atoms with Crippen molar-refractivity contribution in [3.63, 3.8) is 0 Å². The molecule has 108 valence electrons. The Morgan fingerprint density at radius 1 is 1.40 bits per heavy atom. The van der Waals surface area contributed by atoms with Gasteiger partial charge in [0.05, 0.1) is 5.60 Å². The number of hydrogen-bond donors (Lipinski definition) is 1. The summed E-state index contributed by atoms with van der Waals surface area (Å²) < 4.78 is 8.16. The minimum Gasteiger partial charge on any atom is -0.362 e. The van der Waals surface area contributed by atoms with E-state index in [0.717, 1.165) is 32.6 Å². The summed E-state index contributed by atoms with van der Waals surface area (Å²) in [6.07, 6.45) is 2.11. The summed E-state index contributed by atoms with van der Waals surface area (Å²) in [4.78, 5) is 2.44. The van der Waals surface area contributed by atoms with E-state index in [4.69, 9.17) is 4.74 Å². The molecule has 1 aromatic carbocycles. The van der Waals surface area contributed by atoms with Crippen LogP contribution in [0.25, 0.3) is 0 Å². The highest BCUT2D eigenvalue weighted by molar-refractivity contribution is 5.56. The number of nitrogens with zero attached hydrogens (tertiary/aromatic N) is 2. The van der Waals surface area contributed by atoms with Crippen LogP contribution in [0.5, 0.6) is 0 Å². The maximum Gasteiger partial charge on any atom is 0.198 e. The molecule has 1 spiro atoms. The normalized spacial score (nSPS) is 21.3. The minimum atomic E-state index is -0.0944. The van der Waals surface area contributed by atoms with Crippen LogP contribution < -0.4 is 5.32 Å². The van der Waals surface area contributed by atoms with Crippen molar-refractivity contribution in [1.82, 2.24) is 4.90 Å². The molecule has 0 amide bonds. The van der Waals surface area contributed by atoms with Gasteiger partial charge in [0, 0.05) is 24.3 Å². The maximum atomic E-state index is 6.17. The first-order chi connectivity index (χ1) is 9.59. The third-order valence-electron chi connectivity index (χ3n) is 4.38. The Morgan fingerprint density at radius 2 is 2.15 bits per heavy atom. The summed E-state index contributed by atoms with van der Waals surface area (Å²) in [5, 5.41) is 3.35. The predicted molar refractivity (Wildman–Crippen MR) is 81.4 cm³/mol. The number of likely N-dealkylation sites (tertiary alicyclic amines) is 1. The summed E-state index contributed by atoms with van der Waals surface area (Å²) in [5.74, 6) is 0. The van der Waals surface area contributed by atoms with Gasteiger partial charge in [-0.05, 0) is 25.8 Å². The summed E-state index contributed by atoms with van der Waals surface area (Å²) in [6, 6.07) is 6.63. The average molecular weight is 274 g/mol. The molecule has 1 fully saturated rings. The van der Waals surface area contributed by atoms with Gasteiger partial charge in [-0.15, -0.1) is 0 Å². The van der Waals surface area contributed by atoms with Crippen molar-refractivity contribution in [3.8, 4) is 0 Å². The number of fused-ring (bicyclic) bond motifs is 2. The van der Waals surface area contributed by atoms with Crippen molar-refractivity contribution in [2.24, 2.45) is 0 Å². The number of nitrogens with one attached hydrogen (secondary N) is 1. The van der Waals surface area contributed by atoms with Gasteiger partial charge in [0.2, 0.25) is 0 Å². The van der Waals surface area contributed by atoms with Crippen molar-refractivity contribution in [2.75, 3.05) is 38.9 Å². The highest BCUT2D eigenvalue weighted by Crippen LogP contribution is 2.43. The van der Waals surface area contributed by atoms with Crippen LogP contribution in [0.2, 0.25) is 0 Å². The van der Waals surface area contributed by atoms with Gasteiger partial charge < -0.3 is 10.1 Å². The van der Waals surface area contributed by atoms with E-state index in [-0.39, 0.29) is 5.60 Å². The molecule has 0 radical (unpaired) electrons. The van der Waals surface area contributed by atoms with Crippen LogP contribution in [0.4, 0.5) is 5.69 Å². The Balaban J connectivity index is 1.82. The SMILES string of the molecule is C=[N+](C)CN1CCC2(CC1)OCNc1ccc(C)cc12. The summed E-state index contributed by atoms with van der Waals surface area (Å²) in [6.45, 7) is 9.75. The second-order valence-corrected chi connectivity index (χ2v) is 6.12. The first-order valence-corrected chi connectivity index (χ1v) is 7.32. The first-order valence-electron chi connectivity index (χ1n) is 7.32. The molecular weight excluding hydrogens is 250 g/mol. The number of rotatable bonds is 2. The van der Waals surface area contributed by atoms with E-state index in [1.54, 1.807) is 0 Å². The monoisotopic (exact) mass is 274 g/mol. The lowest BCUT2D eigenvalue weighted by Gasteiger charge is -2.44. The highest BCUT2D eigenvalue weighted by Gasteiger charge is 2.41. The lowest BCUT2D eigenvalue weighted by atomic mass is 9.82. The zero-order valence-electron chi connectivity index (χ0n) is 12.5. The van der Waals surface area contributed by atoms with E-state index in [1.807, 2.05) is 11.6 Å². The molecule has 1 saturated heterocycles. The molecule has 0 bridgehead atoms. The molecule has 3 rings (SSSR count). The Morgan fingerprint density at radius 3 is 2.85 bits per heavy atom. The summed E-state index contributed by atoms with van der Waals surface area (Å²) in [5.41, 5.74) is 3.79. The Kier molecular flexibility index (Phi) is 3.52. The number of ether oxygens (including phenoxy) is 1. The Bertz CT molecular complexity index is 518. The Labute approximate surface area is 121 Å². The van der Waals surface area contributed by atoms with Gasteiger partial charge in [-0.3, -0.25) is 0 Å². The van der Waals surface area contributed by atoms with E-state index in [9.17, 15) is 0 Å². The van der Waals surface area contributed by atoms with E-state index in [1.165, 1.54) is 16.8 Å². The van der Waals surface area contributed by atoms with E-state index >= 15 is 0 Å². The lowest BCUT2D eigenvalue weighted by Crippen LogP contribution is -2.48. The Hall–Kier alpha value is -1.39. The van der Waals surface area contributed by atoms with Crippen LogP contribution in [-0.4, -0.2) is 49.7 Å². The zero-order chi connectivity index (χ0) is 14.2. The number of piperidine rings is 1. The van der Waals surface area contributed by atoms with Gasteiger partial charge >= 0.3 is 0 Å². The largest absolute Gasteiger partial charge is 0.362 e. The standard InChI is InChI=1S/C16H24N3O/c1-13-4-5-15-14(10-13)16(20-11-17-15)6-8-19(9-7-16)12-18(2)3/h4-5,10,17H,2,6-9,11-12H2,1,3H3/q+1. The van der Waals surface area contributed by atoms with Crippen LogP contribution >= 0.6 is 0 Å². The highest BCUT2D eigenvalue weighted by atomic mass is 16.5. The van der Waals surface area contributed by atoms with Crippen molar-refractivity contribution in [1.29, 1.82) is 0 Å². The number of aryl methyl sites for hydroxylation is 1. The van der Waals surface area contributed by atoms with Gasteiger partial charge in [0.1, 0.15) is 20.5 Å². The molecule has 2 aliphatic heterocycles. The molecule has 4 nitrogen and oxygen atoms in total. The van der Waals surface area contributed by atoms with Crippen LogP contribution in [0.3, 0.4) is 0 Å². The molecule has 0 aromatic heterocycles. The predicted octanol–water partition coefficient (Wildman–Crippen LogP) is 1.99. The zero-order valence-corrected chi connectivity index (χ0v) is 12.5. The van der Waals surface area contributed by atoms with Gasteiger partial charge in [-0.1, -0.05) is 17.7 Å². The summed E-state index contributed by atoms with van der Waals surface area (Å²) in [7, 11) is 2.02. The summed E-state index contributed by atoms with van der Waals surface area (Å²) >= 11 is 0. The fourth-order valence-electron chi connectivity index (χ4n) is 3.33. The minimum absolute atomic E-state index is 0.0944. The molecule has 2 aliphatic rings. The van der Waals surface area contributed by atoms with Gasteiger partial charge in [-0.2, -0.15) is 0 Å². The van der Waals surface area contributed by atoms with Gasteiger partial charge in [-0.25, -0.2) is 9.48 Å². The second kappa shape index (κ2) is 5.19. The molecule has 1 N–H and O–H groups in total. The maximum absolute atomic E-state index is 6.17. The molecule has 0 aliphatic carbocycles. The average Bonchev–Trinajstić information content (AvgIpc) is 2.42.